The normalized spacial score (nSPS) is 18.2. The highest BCUT2D eigenvalue weighted by Gasteiger charge is 2.17. The van der Waals surface area contributed by atoms with Gasteiger partial charge in [0.2, 0.25) is 0 Å². The topological polar surface area (TPSA) is 48.1 Å². The van der Waals surface area contributed by atoms with E-state index in [1.54, 1.807) is 0 Å². The van der Waals surface area contributed by atoms with E-state index in [0.29, 0.717) is 11.0 Å². The molecule has 0 aromatic carbocycles. The summed E-state index contributed by atoms with van der Waals surface area (Å²) in [4.78, 5) is 4.28. The Hall–Kier alpha value is -0.320. The predicted molar refractivity (Wildman–Crippen MR) is 56.6 cm³/mol. The molecule has 1 aliphatic heterocycles. The lowest BCUT2D eigenvalue weighted by molar-refractivity contribution is 0.0846. The molecule has 1 aromatic rings. The van der Waals surface area contributed by atoms with Gasteiger partial charge in [-0.15, -0.1) is 23.7 Å². The van der Waals surface area contributed by atoms with Gasteiger partial charge in [0.25, 0.3) is 0 Å². The fraction of sp³-hybridized carbons (Fsp3) is 0.625. The van der Waals surface area contributed by atoms with Crippen molar-refractivity contribution in [3.8, 4) is 0 Å². The van der Waals surface area contributed by atoms with Crippen molar-refractivity contribution in [3.63, 3.8) is 0 Å². The molecule has 3 nitrogen and oxygen atoms in total. The lowest BCUT2D eigenvalue weighted by atomic mass is 9.98. The molecule has 0 saturated carbocycles. The van der Waals surface area contributed by atoms with Crippen LogP contribution in [-0.4, -0.2) is 18.2 Å². The number of halogens is 1. The maximum Gasteiger partial charge on any atom is 0.180 e. The Kier molecular flexibility index (Phi) is 3.96. The fourth-order valence-corrected chi connectivity index (χ4v) is 2.13. The number of nitrogens with zero attached hydrogens (tertiary/aromatic N) is 1. The van der Waals surface area contributed by atoms with E-state index in [1.807, 2.05) is 0 Å². The fourth-order valence-electron chi connectivity index (χ4n) is 1.48. The van der Waals surface area contributed by atoms with Crippen LogP contribution in [0.5, 0.6) is 0 Å². The molecule has 1 aromatic heterocycles. The average molecular weight is 221 g/mol. The number of nitrogens with two attached hydrogens (primary N) is 1. The second-order valence-corrected chi connectivity index (χ2v) is 3.89. The highest BCUT2D eigenvalue weighted by molar-refractivity contribution is 7.13. The summed E-state index contributed by atoms with van der Waals surface area (Å²) >= 11 is 1.52. The number of rotatable bonds is 1. The summed E-state index contributed by atoms with van der Waals surface area (Å²) in [5.41, 5.74) is 6.71. The summed E-state index contributed by atoms with van der Waals surface area (Å²) in [5.74, 6) is 0.576. The van der Waals surface area contributed by atoms with Crippen molar-refractivity contribution in [1.29, 1.82) is 0 Å². The SMILES string of the molecule is Cl.Nc1nc(C2CCOCC2)cs1. The van der Waals surface area contributed by atoms with E-state index in [9.17, 15) is 0 Å². The third-order valence-electron chi connectivity index (χ3n) is 2.18. The Morgan fingerprint density at radius 3 is 2.69 bits per heavy atom. The maximum absolute atomic E-state index is 5.56. The molecule has 5 heteroatoms. The largest absolute Gasteiger partial charge is 0.381 e. The van der Waals surface area contributed by atoms with E-state index in [-0.39, 0.29) is 12.4 Å². The van der Waals surface area contributed by atoms with Crippen LogP contribution in [0.4, 0.5) is 5.13 Å². The van der Waals surface area contributed by atoms with Crippen molar-refractivity contribution in [1.82, 2.24) is 4.98 Å². The molecule has 1 aliphatic rings. The third-order valence-corrected chi connectivity index (χ3v) is 2.87. The van der Waals surface area contributed by atoms with Gasteiger partial charge in [-0.3, -0.25) is 0 Å². The smallest absolute Gasteiger partial charge is 0.180 e. The van der Waals surface area contributed by atoms with Gasteiger partial charge in [-0.25, -0.2) is 4.98 Å². The van der Waals surface area contributed by atoms with Gasteiger partial charge in [0, 0.05) is 24.5 Å². The number of hydrogen-bond acceptors (Lipinski definition) is 4. The van der Waals surface area contributed by atoms with Crippen LogP contribution in [0.3, 0.4) is 0 Å². The molecule has 0 atom stereocenters. The minimum Gasteiger partial charge on any atom is -0.381 e. The molecule has 13 heavy (non-hydrogen) atoms. The van der Waals surface area contributed by atoms with Gasteiger partial charge in [-0.2, -0.15) is 0 Å². The van der Waals surface area contributed by atoms with E-state index in [1.165, 1.54) is 11.3 Å². The molecule has 2 heterocycles. The zero-order valence-corrected chi connectivity index (χ0v) is 8.87. The Balaban J connectivity index is 0.000000845. The first-order valence-electron chi connectivity index (χ1n) is 4.15. The van der Waals surface area contributed by atoms with Gasteiger partial charge in [0.15, 0.2) is 5.13 Å². The second-order valence-electron chi connectivity index (χ2n) is 3.00. The summed E-state index contributed by atoms with van der Waals surface area (Å²) in [7, 11) is 0. The van der Waals surface area contributed by atoms with E-state index < -0.39 is 0 Å². The first kappa shape index (κ1) is 10.8. The second kappa shape index (κ2) is 4.79. The molecule has 0 unspecified atom stereocenters. The number of nitrogen functional groups attached to an aromatic ring is 1. The molecule has 0 aliphatic carbocycles. The van der Waals surface area contributed by atoms with Crippen molar-refractivity contribution in [2.24, 2.45) is 0 Å². The van der Waals surface area contributed by atoms with Crippen LogP contribution in [0.1, 0.15) is 24.5 Å². The molecular weight excluding hydrogens is 208 g/mol. The molecule has 1 fully saturated rings. The first-order valence-corrected chi connectivity index (χ1v) is 5.03. The first-order chi connectivity index (χ1) is 5.86. The van der Waals surface area contributed by atoms with Crippen molar-refractivity contribution in [3.05, 3.63) is 11.1 Å². The number of hydrogen-bond donors (Lipinski definition) is 1. The van der Waals surface area contributed by atoms with Crippen molar-refractivity contribution >= 4 is 28.9 Å². The zero-order chi connectivity index (χ0) is 8.39. The van der Waals surface area contributed by atoms with E-state index >= 15 is 0 Å². The minimum atomic E-state index is 0. The van der Waals surface area contributed by atoms with Crippen LogP contribution in [0.2, 0.25) is 0 Å². The van der Waals surface area contributed by atoms with Crippen LogP contribution in [0.15, 0.2) is 5.38 Å². The quantitative estimate of drug-likeness (QED) is 0.788. The van der Waals surface area contributed by atoms with E-state index in [2.05, 4.69) is 10.4 Å². The van der Waals surface area contributed by atoms with Gasteiger partial charge in [-0.05, 0) is 12.8 Å². The summed E-state index contributed by atoms with van der Waals surface area (Å²) in [6.45, 7) is 1.73. The Labute approximate surface area is 87.7 Å². The third kappa shape index (κ3) is 2.56. The van der Waals surface area contributed by atoms with Crippen LogP contribution < -0.4 is 5.73 Å². The molecule has 74 valence electrons. The Morgan fingerprint density at radius 1 is 1.46 bits per heavy atom. The highest BCUT2D eigenvalue weighted by Crippen LogP contribution is 2.28. The van der Waals surface area contributed by atoms with Crippen LogP contribution in [-0.2, 0) is 4.74 Å². The van der Waals surface area contributed by atoms with Gasteiger partial charge >= 0.3 is 0 Å². The monoisotopic (exact) mass is 220 g/mol. The summed E-state index contributed by atoms with van der Waals surface area (Å²) < 4.78 is 5.27. The summed E-state index contributed by atoms with van der Waals surface area (Å²) in [5, 5.41) is 2.74. The van der Waals surface area contributed by atoms with Crippen LogP contribution >= 0.6 is 23.7 Å². The molecule has 0 spiro atoms. The van der Waals surface area contributed by atoms with Gasteiger partial charge < -0.3 is 10.5 Å². The van der Waals surface area contributed by atoms with E-state index in [4.69, 9.17) is 10.5 Å². The van der Waals surface area contributed by atoms with Crippen molar-refractivity contribution in [2.45, 2.75) is 18.8 Å². The van der Waals surface area contributed by atoms with Gasteiger partial charge in [0.1, 0.15) is 0 Å². The molecular formula is C8H13ClN2OS. The lowest BCUT2D eigenvalue weighted by Crippen LogP contribution is -2.14. The van der Waals surface area contributed by atoms with Crippen LogP contribution in [0, 0.1) is 0 Å². The molecule has 0 radical (unpaired) electrons. The van der Waals surface area contributed by atoms with Crippen LogP contribution in [0.25, 0.3) is 0 Å². The standard InChI is InChI=1S/C8H12N2OS.ClH/c9-8-10-7(5-12-8)6-1-3-11-4-2-6;/h5-6H,1-4H2,(H2,9,10);1H. The Morgan fingerprint density at radius 2 is 2.15 bits per heavy atom. The molecule has 0 bridgehead atoms. The summed E-state index contributed by atoms with van der Waals surface area (Å²) in [6.07, 6.45) is 2.17. The average Bonchev–Trinajstić information content (AvgIpc) is 2.54. The molecule has 2 rings (SSSR count). The number of thiazole rings is 1. The molecule has 0 amide bonds. The summed E-state index contributed by atoms with van der Waals surface area (Å²) in [6, 6.07) is 0. The van der Waals surface area contributed by atoms with Crippen molar-refractivity contribution in [2.75, 3.05) is 18.9 Å². The Bertz CT molecular complexity index is 260. The van der Waals surface area contributed by atoms with Gasteiger partial charge in [-0.1, -0.05) is 0 Å². The highest BCUT2D eigenvalue weighted by atomic mass is 35.5. The van der Waals surface area contributed by atoms with Gasteiger partial charge in [0.05, 0.1) is 5.69 Å². The lowest BCUT2D eigenvalue weighted by Gasteiger charge is -2.19. The zero-order valence-electron chi connectivity index (χ0n) is 7.23. The predicted octanol–water partition coefficient (Wildman–Crippen LogP) is 2.04. The number of ether oxygens (including phenoxy) is 1. The molecule has 1 saturated heterocycles. The minimum absolute atomic E-state index is 0. The maximum atomic E-state index is 5.56. The number of aromatic nitrogens is 1. The van der Waals surface area contributed by atoms with Crippen molar-refractivity contribution < 1.29 is 4.74 Å². The van der Waals surface area contributed by atoms with E-state index in [0.717, 1.165) is 31.7 Å². The number of anilines is 1. The molecule has 2 N–H and O–H groups in total.